The highest BCUT2D eigenvalue weighted by atomic mass is 19.4. The standard InChI is InChI=1S/C26H22F8N10O4/c1-12-6-5-7-35-19(12)44-17(10-15(38-44)11-43-40-22(37-41-43)24(27,28)26(32,33)34)21(46)36-18-13(2)8-14(25(29,30)31)9-16(18)20(45)39-42(3)23(47)48-4/h5-10H,11H2,1-4H3,(H,36,46)(H,39,45). The lowest BCUT2D eigenvalue weighted by atomic mass is 10.0. The Morgan fingerprint density at radius 2 is 1.65 bits per heavy atom. The number of halogens is 8. The van der Waals surface area contributed by atoms with Crippen molar-refractivity contribution in [1.29, 1.82) is 0 Å². The normalized spacial score (nSPS) is 12.1. The molecule has 0 saturated heterocycles. The highest BCUT2D eigenvalue weighted by molar-refractivity contribution is 6.09. The zero-order chi connectivity index (χ0) is 35.8. The number of hydrogen-bond acceptors (Lipinski definition) is 9. The van der Waals surface area contributed by atoms with Crippen molar-refractivity contribution < 1.29 is 54.2 Å². The zero-order valence-electron chi connectivity index (χ0n) is 24.9. The van der Waals surface area contributed by atoms with Gasteiger partial charge < -0.3 is 10.1 Å². The van der Waals surface area contributed by atoms with E-state index in [1.807, 2.05) is 5.43 Å². The van der Waals surface area contributed by atoms with Crippen LogP contribution >= 0.6 is 0 Å². The van der Waals surface area contributed by atoms with Crippen LogP contribution in [0.15, 0.2) is 36.5 Å². The van der Waals surface area contributed by atoms with Gasteiger partial charge in [-0.2, -0.15) is 45.0 Å². The molecule has 0 radical (unpaired) electrons. The molecule has 1 aromatic carbocycles. The lowest BCUT2D eigenvalue weighted by Crippen LogP contribution is -2.43. The molecule has 4 rings (SSSR count). The van der Waals surface area contributed by atoms with Crippen molar-refractivity contribution in [2.45, 2.75) is 38.7 Å². The highest BCUT2D eigenvalue weighted by Gasteiger charge is 2.62. The Morgan fingerprint density at radius 3 is 2.25 bits per heavy atom. The van der Waals surface area contributed by atoms with E-state index in [0.717, 1.165) is 24.9 Å². The molecule has 4 aromatic rings. The number of benzene rings is 1. The third kappa shape index (κ3) is 7.15. The molecule has 0 fully saturated rings. The van der Waals surface area contributed by atoms with Crippen LogP contribution in [0.5, 0.6) is 0 Å². The van der Waals surface area contributed by atoms with E-state index in [-0.39, 0.29) is 22.8 Å². The maximum atomic E-state index is 13.7. The molecule has 14 nitrogen and oxygen atoms in total. The Morgan fingerprint density at radius 1 is 0.958 bits per heavy atom. The predicted octanol–water partition coefficient (Wildman–Crippen LogP) is 4.19. The van der Waals surface area contributed by atoms with Crippen molar-refractivity contribution in [2.24, 2.45) is 0 Å². The molecule has 256 valence electrons. The van der Waals surface area contributed by atoms with Crippen LogP contribution in [-0.4, -0.2) is 78.2 Å². The average Bonchev–Trinajstić information content (AvgIpc) is 3.64. The minimum atomic E-state index is -6.01. The zero-order valence-corrected chi connectivity index (χ0v) is 24.9. The van der Waals surface area contributed by atoms with Gasteiger partial charge in [-0.25, -0.2) is 19.5 Å². The summed E-state index contributed by atoms with van der Waals surface area (Å²) in [6.45, 7) is 2.07. The van der Waals surface area contributed by atoms with Crippen molar-refractivity contribution in [1.82, 2.24) is 45.4 Å². The molecule has 0 aliphatic heterocycles. The highest BCUT2D eigenvalue weighted by Crippen LogP contribution is 2.42. The molecule has 48 heavy (non-hydrogen) atoms. The number of ether oxygens (including phenoxy) is 1. The molecule has 0 bridgehead atoms. The summed E-state index contributed by atoms with van der Waals surface area (Å²) in [5.74, 6) is -9.63. The van der Waals surface area contributed by atoms with E-state index >= 15 is 0 Å². The minimum Gasteiger partial charge on any atom is -0.452 e. The molecule has 3 heterocycles. The number of tetrazole rings is 1. The SMILES string of the molecule is COC(=O)N(C)NC(=O)c1cc(C(F)(F)F)cc(C)c1NC(=O)c1cc(Cn2nnc(C(F)(F)C(F)(F)F)n2)nn1-c1ncccc1C. The Bertz CT molecular complexity index is 1870. The van der Waals surface area contributed by atoms with Crippen LogP contribution in [-0.2, 0) is 23.4 Å². The molecule has 3 amide bonds. The average molecular weight is 691 g/mol. The molecule has 22 heteroatoms. The Kier molecular flexibility index (Phi) is 9.40. The van der Waals surface area contributed by atoms with Gasteiger partial charge in [0.25, 0.3) is 17.6 Å². The molecule has 0 atom stereocenters. The van der Waals surface area contributed by atoms with E-state index in [1.165, 1.54) is 13.1 Å². The first-order chi connectivity index (χ1) is 22.2. The van der Waals surface area contributed by atoms with Crippen LogP contribution in [0, 0.1) is 13.8 Å². The number of hydrogen-bond donors (Lipinski definition) is 2. The van der Waals surface area contributed by atoms with Gasteiger partial charge in [0, 0.05) is 13.2 Å². The number of aromatic nitrogens is 7. The number of amides is 3. The number of pyridine rings is 1. The number of nitrogens with one attached hydrogen (secondary N) is 2. The first-order valence-electron chi connectivity index (χ1n) is 13.1. The third-order valence-corrected chi connectivity index (χ3v) is 6.43. The number of anilines is 1. The molecule has 3 aromatic heterocycles. The second-order valence-electron chi connectivity index (χ2n) is 9.93. The van der Waals surface area contributed by atoms with Crippen LogP contribution in [0.4, 0.5) is 45.6 Å². The fourth-order valence-corrected chi connectivity index (χ4v) is 4.11. The second-order valence-corrected chi connectivity index (χ2v) is 9.93. The van der Waals surface area contributed by atoms with Gasteiger partial charge in [-0.15, -0.1) is 10.2 Å². The van der Waals surface area contributed by atoms with Gasteiger partial charge in [0.1, 0.15) is 12.2 Å². The van der Waals surface area contributed by atoms with Gasteiger partial charge in [0.05, 0.1) is 29.6 Å². The maximum Gasteiger partial charge on any atom is 0.461 e. The van der Waals surface area contributed by atoms with Gasteiger partial charge in [0.15, 0.2) is 5.82 Å². The first-order valence-corrected chi connectivity index (χ1v) is 13.1. The maximum absolute atomic E-state index is 13.7. The molecule has 2 N–H and O–H groups in total. The third-order valence-electron chi connectivity index (χ3n) is 6.43. The summed E-state index contributed by atoms with van der Waals surface area (Å²) < 4.78 is 112. The van der Waals surface area contributed by atoms with E-state index in [1.54, 1.807) is 19.1 Å². The summed E-state index contributed by atoms with van der Waals surface area (Å²) in [6.07, 6.45) is -10.7. The number of alkyl halides is 8. The van der Waals surface area contributed by atoms with Gasteiger partial charge >= 0.3 is 24.4 Å². The second kappa shape index (κ2) is 12.8. The van der Waals surface area contributed by atoms with E-state index in [4.69, 9.17) is 0 Å². The lowest BCUT2D eigenvalue weighted by Gasteiger charge is -2.20. The first kappa shape index (κ1) is 35.2. The van der Waals surface area contributed by atoms with Gasteiger partial charge in [-0.05, 0) is 54.5 Å². The fraction of sp³-hybridized carbons (Fsp3) is 0.308. The van der Waals surface area contributed by atoms with Crippen LogP contribution < -0.4 is 10.7 Å². The molecular weight excluding hydrogens is 668 g/mol. The Balaban J connectivity index is 1.77. The summed E-state index contributed by atoms with van der Waals surface area (Å²) in [7, 11) is 2.04. The molecule has 0 spiro atoms. The smallest absolute Gasteiger partial charge is 0.452 e. The molecule has 0 aliphatic carbocycles. The van der Waals surface area contributed by atoms with E-state index in [0.29, 0.717) is 27.5 Å². The Hall–Kier alpha value is -5.70. The number of aryl methyl sites for hydroxylation is 2. The topological polar surface area (TPSA) is 162 Å². The van der Waals surface area contributed by atoms with Crippen molar-refractivity contribution in [2.75, 3.05) is 19.5 Å². The van der Waals surface area contributed by atoms with Gasteiger partial charge in [-0.1, -0.05) is 6.07 Å². The summed E-state index contributed by atoms with van der Waals surface area (Å²) in [6, 6.07) is 5.28. The molecule has 0 unspecified atom stereocenters. The molecule has 0 saturated carbocycles. The van der Waals surface area contributed by atoms with Crippen LogP contribution in [0.1, 0.15) is 49.1 Å². The summed E-state index contributed by atoms with van der Waals surface area (Å²) >= 11 is 0. The monoisotopic (exact) mass is 690 g/mol. The van der Waals surface area contributed by atoms with Crippen molar-refractivity contribution in [3.05, 3.63) is 76.0 Å². The van der Waals surface area contributed by atoms with Crippen LogP contribution in [0.3, 0.4) is 0 Å². The van der Waals surface area contributed by atoms with Crippen LogP contribution in [0.25, 0.3) is 5.82 Å². The fourth-order valence-electron chi connectivity index (χ4n) is 4.11. The molecular formula is C26H22F8N10O4. The summed E-state index contributed by atoms with van der Waals surface area (Å²) in [5, 5.41) is 16.1. The van der Waals surface area contributed by atoms with E-state index in [9.17, 15) is 49.5 Å². The number of nitrogens with zero attached hydrogens (tertiary/aromatic N) is 8. The number of carbonyl (C=O) groups excluding carboxylic acids is 3. The quantitative estimate of drug-likeness (QED) is 0.214. The summed E-state index contributed by atoms with van der Waals surface area (Å²) in [4.78, 5) is 43.1. The van der Waals surface area contributed by atoms with Gasteiger partial charge in [-0.3, -0.25) is 15.0 Å². The number of carbonyl (C=O) groups is 3. The molecule has 0 aliphatic rings. The van der Waals surface area contributed by atoms with E-state index in [2.05, 4.69) is 35.5 Å². The van der Waals surface area contributed by atoms with Crippen molar-refractivity contribution >= 4 is 23.6 Å². The van der Waals surface area contributed by atoms with Crippen molar-refractivity contribution in [3.63, 3.8) is 0 Å². The van der Waals surface area contributed by atoms with Gasteiger partial charge in [0.2, 0.25) is 0 Å². The number of methoxy groups -OCH3 is 1. The lowest BCUT2D eigenvalue weighted by molar-refractivity contribution is -0.292. The summed E-state index contributed by atoms with van der Waals surface area (Å²) in [5.41, 5.74) is -0.668. The van der Waals surface area contributed by atoms with Crippen molar-refractivity contribution in [3.8, 4) is 5.82 Å². The number of hydrazine groups is 1. The Labute approximate surface area is 263 Å². The predicted molar refractivity (Wildman–Crippen MR) is 145 cm³/mol. The number of rotatable bonds is 7. The minimum absolute atomic E-state index is 0.0477. The van der Waals surface area contributed by atoms with Crippen LogP contribution in [0.2, 0.25) is 0 Å². The van der Waals surface area contributed by atoms with E-state index < -0.39 is 65.4 Å². The largest absolute Gasteiger partial charge is 0.461 e.